The Kier molecular flexibility index (Phi) is 3.19. The summed E-state index contributed by atoms with van der Waals surface area (Å²) in [5, 5.41) is 11.8. The molecule has 3 rings (SSSR count). The van der Waals surface area contributed by atoms with Crippen LogP contribution in [0.25, 0.3) is 0 Å². The van der Waals surface area contributed by atoms with Crippen LogP contribution in [0.5, 0.6) is 0 Å². The van der Waals surface area contributed by atoms with Gasteiger partial charge in [0.05, 0.1) is 16.7 Å². The van der Waals surface area contributed by atoms with Crippen LogP contribution >= 0.6 is 0 Å². The number of hydrogen-bond donors (Lipinski definition) is 1. The van der Waals surface area contributed by atoms with Gasteiger partial charge in [-0.15, -0.1) is 0 Å². The van der Waals surface area contributed by atoms with Gasteiger partial charge in [0, 0.05) is 0 Å². The van der Waals surface area contributed by atoms with Crippen molar-refractivity contribution in [1.82, 2.24) is 0 Å². The van der Waals surface area contributed by atoms with Crippen molar-refractivity contribution < 1.29 is 9.18 Å². The Hall–Kier alpha value is -2.67. The molecule has 0 aromatic heterocycles. The monoisotopic (exact) mass is 280 g/mol. The van der Waals surface area contributed by atoms with Crippen LogP contribution in [0.3, 0.4) is 0 Å². The summed E-state index contributed by atoms with van der Waals surface area (Å²) in [6.07, 6.45) is 1.57. The molecule has 0 atom stereocenters. The second kappa shape index (κ2) is 5.02. The van der Waals surface area contributed by atoms with Crippen LogP contribution in [0.15, 0.2) is 48.5 Å². The van der Waals surface area contributed by atoms with Crippen LogP contribution in [0.2, 0.25) is 0 Å². The number of rotatable bonds is 3. The molecule has 0 aliphatic heterocycles. The summed E-state index contributed by atoms with van der Waals surface area (Å²) < 4.78 is 13.1. The van der Waals surface area contributed by atoms with Gasteiger partial charge in [-0.2, -0.15) is 5.26 Å². The Morgan fingerprint density at radius 3 is 2.52 bits per heavy atom. The van der Waals surface area contributed by atoms with Gasteiger partial charge < -0.3 is 5.32 Å². The number of benzene rings is 2. The fourth-order valence-corrected chi connectivity index (χ4v) is 2.49. The van der Waals surface area contributed by atoms with E-state index in [1.165, 1.54) is 12.1 Å². The van der Waals surface area contributed by atoms with Gasteiger partial charge in [-0.3, -0.25) is 4.79 Å². The van der Waals surface area contributed by atoms with Crippen molar-refractivity contribution in [3.63, 3.8) is 0 Å². The van der Waals surface area contributed by atoms with Gasteiger partial charge in [-0.25, -0.2) is 4.39 Å². The molecule has 0 heterocycles. The first-order valence-electron chi connectivity index (χ1n) is 6.72. The molecule has 3 nitrogen and oxygen atoms in total. The molecule has 1 amide bonds. The fourth-order valence-electron chi connectivity index (χ4n) is 2.49. The number of nitrogens with zero attached hydrogens (tertiary/aromatic N) is 1. The van der Waals surface area contributed by atoms with Gasteiger partial charge in [0.25, 0.3) is 0 Å². The van der Waals surface area contributed by atoms with Gasteiger partial charge in [0.2, 0.25) is 5.91 Å². The van der Waals surface area contributed by atoms with Crippen molar-refractivity contribution in [2.45, 2.75) is 18.3 Å². The largest absolute Gasteiger partial charge is 0.324 e. The topological polar surface area (TPSA) is 52.9 Å². The molecule has 1 N–H and O–H groups in total. The Morgan fingerprint density at radius 1 is 1.19 bits per heavy atom. The summed E-state index contributed by atoms with van der Waals surface area (Å²) in [4.78, 5) is 12.5. The Labute approximate surface area is 122 Å². The van der Waals surface area contributed by atoms with Crippen molar-refractivity contribution in [3.8, 4) is 6.07 Å². The van der Waals surface area contributed by atoms with Crippen molar-refractivity contribution in [3.05, 3.63) is 65.5 Å². The van der Waals surface area contributed by atoms with Crippen molar-refractivity contribution in [2.24, 2.45) is 0 Å². The molecule has 0 spiro atoms. The Morgan fingerprint density at radius 2 is 1.90 bits per heavy atom. The van der Waals surface area contributed by atoms with Crippen LogP contribution in [0, 0.1) is 17.1 Å². The average Bonchev–Trinajstić information content (AvgIpc) is 3.31. The van der Waals surface area contributed by atoms with E-state index < -0.39 is 11.2 Å². The minimum atomic E-state index is -0.512. The molecule has 104 valence electrons. The highest BCUT2D eigenvalue weighted by molar-refractivity contribution is 6.02. The molecule has 0 bridgehead atoms. The zero-order valence-corrected chi connectivity index (χ0v) is 11.3. The standard InChI is InChI=1S/C17H13FN2O/c18-14-6-7-15(12(10-14)11-19)20-16(21)17(8-9-17)13-4-2-1-3-5-13/h1-7,10H,8-9H2,(H,20,21). The highest BCUT2D eigenvalue weighted by Crippen LogP contribution is 2.49. The van der Waals surface area contributed by atoms with Crippen LogP contribution in [-0.2, 0) is 10.2 Å². The summed E-state index contributed by atoms with van der Waals surface area (Å²) in [7, 11) is 0. The number of anilines is 1. The molecule has 1 aliphatic rings. The lowest BCUT2D eigenvalue weighted by atomic mass is 9.95. The second-order valence-electron chi connectivity index (χ2n) is 5.20. The molecule has 2 aromatic rings. The zero-order chi connectivity index (χ0) is 14.9. The van der Waals surface area contributed by atoms with Gasteiger partial charge >= 0.3 is 0 Å². The third-order valence-electron chi connectivity index (χ3n) is 3.86. The van der Waals surface area contributed by atoms with E-state index in [9.17, 15) is 9.18 Å². The maximum absolute atomic E-state index is 13.1. The van der Waals surface area contributed by atoms with Crippen molar-refractivity contribution in [1.29, 1.82) is 5.26 Å². The van der Waals surface area contributed by atoms with Gasteiger partial charge in [0.1, 0.15) is 11.9 Å². The molecule has 1 aliphatic carbocycles. The molecular weight excluding hydrogens is 267 g/mol. The van der Waals surface area contributed by atoms with Crippen LogP contribution < -0.4 is 5.32 Å². The summed E-state index contributed by atoms with van der Waals surface area (Å²) >= 11 is 0. The first-order valence-corrected chi connectivity index (χ1v) is 6.72. The maximum atomic E-state index is 13.1. The second-order valence-corrected chi connectivity index (χ2v) is 5.20. The number of halogens is 1. The lowest BCUT2D eigenvalue weighted by Gasteiger charge is -2.16. The minimum absolute atomic E-state index is 0.132. The van der Waals surface area contributed by atoms with Crippen molar-refractivity contribution in [2.75, 3.05) is 5.32 Å². The molecule has 0 unspecified atom stereocenters. The predicted octanol–water partition coefficient (Wildman–Crippen LogP) is 3.37. The number of carbonyl (C=O) groups excluding carboxylic acids is 1. The lowest BCUT2D eigenvalue weighted by molar-refractivity contribution is -0.118. The first-order chi connectivity index (χ1) is 10.2. The average molecular weight is 280 g/mol. The van der Waals surface area contributed by atoms with E-state index in [0.717, 1.165) is 24.5 Å². The third kappa shape index (κ3) is 2.38. The predicted molar refractivity (Wildman–Crippen MR) is 77.1 cm³/mol. The minimum Gasteiger partial charge on any atom is -0.324 e. The van der Waals surface area contributed by atoms with E-state index in [0.29, 0.717) is 5.69 Å². The maximum Gasteiger partial charge on any atom is 0.235 e. The Bertz CT molecular complexity index is 730. The molecule has 2 aromatic carbocycles. The third-order valence-corrected chi connectivity index (χ3v) is 3.86. The van der Waals surface area contributed by atoms with Gasteiger partial charge in [0.15, 0.2) is 0 Å². The molecule has 0 saturated heterocycles. The van der Waals surface area contributed by atoms with E-state index in [-0.39, 0.29) is 11.5 Å². The smallest absolute Gasteiger partial charge is 0.235 e. The summed E-state index contributed by atoms with van der Waals surface area (Å²) in [6.45, 7) is 0. The number of amides is 1. The molecule has 0 radical (unpaired) electrons. The molecule has 4 heteroatoms. The number of hydrogen-bond acceptors (Lipinski definition) is 2. The van der Waals surface area contributed by atoms with Crippen molar-refractivity contribution >= 4 is 11.6 Å². The fraction of sp³-hybridized carbons (Fsp3) is 0.176. The summed E-state index contributed by atoms with van der Waals surface area (Å²) in [6, 6.07) is 15.3. The molecular formula is C17H13FN2O. The van der Waals surface area contributed by atoms with Crippen LogP contribution in [-0.4, -0.2) is 5.91 Å². The molecule has 1 saturated carbocycles. The van der Waals surface area contributed by atoms with E-state index in [1.54, 1.807) is 0 Å². The van der Waals surface area contributed by atoms with E-state index in [2.05, 4.69) is 5.32 Å². The Balaban J connectivity index is 1.87. The lowest BCUT2D eigenvalue weighted by Crippen LogP contribution is -2.28. The normalized spacial score (nSPS) is 15.0. The van der Waals surface area contributed by atoms with E-state index in [4.69, 9.17) is 5.26 Å². The number of carbonyl (C=O) groups is 1. The van der Waals surface area contributed by atoms with Crippen LogP contribution in [0.1, 0.15) is 24.0 Å². The zero-order valence-electron chi connectivity index (χ0n) is 11.3. The van der Waals surface area contributed by atoms with Gasteiger partial charge in [-0.1, -0.05) is 30.3 Å². The summed E-state index contributed by atoms with van der Waals surface area (Å²) in [5.74, 6) is -0.634. The SMILES string of the molecule is N#Cc1cc(F)ccc1NC(=O)C1(c2ccccc2)CC1. The number of nitrogens with one attached hydrogen (secondary N) is 1. The molecule has 21 heavy (non-hydrogen) atoms. The first kappa shape index (κ1) is 13.3. The highest BCUT2D eigenvalue weighted by Gasteiger charge is 2.51. The number of nitriles is 1. The quantitative estimate of drug-likeness (QED) is 0.937. The molecule has 1 fully saturated rings. The van der Waals surface area contributed by atoms with Gasteiger partial charge in [-0.05, 0) is 36.6 Å². The van der Waals surface area contributed by atoms with Crippen LogP contribution in [0.4, 0.5) is 10.1 Å². The highest BCUT2D eigenvalue weighted by atomic mass is 19.1. The van der Waals surface area contributed by atoms with E-state index >= 15 is 0 Å². The van der Waals surface area contributed by atoms with E-state index in [1.807, 2.05) is 36.4 Å². The summed E-state index contributed by atoms with van der Waals surface area (Å²) in [5.41, 5.74) is 0.948.